The number of hydrogen-bond acceptors (Lipinski definition) is 4. The Balaban J connectivity index is 1.61. The highest BCUT2D eigenvalue weighted by Crippen LogP contribution is 2.24. The summed E-state index contributed by atoms with van der Waals surface area (Å²) in [6.07, 6.45) is 0.945. The van der Waals surface area contributed by atoms with Crippen LogP contribution in [0.15, 0.2) is 42.5 Å². The summed E-state index contributed by atoms with van der Waals surface area (Å²) in [5.74, 6) is -0.762. The van der Waals surface area contributed by atoms with Crippen LogP contribution in [-0.4, -0.2) is 41.9 Å². The first-order valence-electron chi connectivity index (χ1n) is 9.55. The Hall–Kier alpha value is -3.42. The van der Waals surface area contributed by atoms with E-state index in [2.05, 4.69) is 10.6 Å². The molecule has 1 heterocycles. The molecule has 0 unspecified atom stereocenters. The Morgan fingerprint density at radius 2 is 1.90 bits per heavy atom. The lowest BCUT2D eigenvalue weighted by molar-refractivity contribution is -0.133. The number of ether oxygens (including phenoxy) is 1. The van der Waals surface area contributed by atoms with Gasteiger partial charge in [0.25, 0.3) is 5.91 Å². The van der Waals surface area contributed by atoms with Crippen molar-refractivity contribution in [2.45, 2.75) is 32.2 Å². The number of methoxy groups -OCH3 is 1. The zero-order valence-corrected chi connectivity index (χ0v) is 17.1. The van der Waals surface area contributed by atoms with Gasteiger partial charge in [0.2, 0.25) is 5.91 Å². The van der Waals surface area contributed by atoms with E-state index in [1.807, 2.05) is 24.3 Å². The third-order valence-electron chi connectivity index (χ3n) is 5.18. The molecule has 1 aliphatic rings. The van der Waals surface area contributed by atoms with E-state index in [1.54, 1.807) is 27.0 Å². The number of halogens is 1. The van der Waals surface area contributed by atoms with Crippen LogP contribution in [0, 0.1) is 12.7 Å². The van der Waals surface area contributed by atoms with E-state index >= 15 is 0 Å². The molecule has 7 nitrogen and oxygen atoms in total. The lowest BCUT2D eigenvalue weighted by Gasteiger charge is -2.21. The number of nitrogens with zero attached hydrogens (tertiary/aromatic N) is 1. The minimum absolute atomic E-state index is 0.262. The van der Waals surface area contributed by atoms with Crippen molar-refractivity contribution in [1.82, 2.24) is 10.2 Å². The molecule has 1 atom stereocenters. The fourth-order valence-corrected chi connectivity index (χ4v) is 3.26. The van der Waals surface area contributed by atoms with E-state index in [1.165, 1.54) is 12.1 Å². The zero-order chi connectivity index (χ0) is 21.9. The topological polar surface area (TPSA) is 87.7 Å². The van der Waals surface area contributed by atoms with Gasteiger partial charge in [-0.05, 0) is 62.1 Å². The molecular formula is C22H24FN3O4. The molecule has 2 aromatic carbocycles. The highest BCUT2D eigenvalue weighted by Gasteiger charge is 2.47. The number of aryl methyl sites for hydroxylation is 2. The quantitative estimate of drug-likeness (QED) is 0.683. The van der Waals surface area contributed by atoms with Crippen molar-refractivity contribution in [3.63, 3.8) is 0 Å². The molecule has 1 saturated heterocycles. The predicted molar refractivity (Wildman–Crippen MR) is 110 cm³/mol. The second-order valence-corrected chi connectivity index (χ2v) is 7.51. The summed E-state index contributed by atoms with van der Waals surface area (Å²) >= 11 is 0. The number of rotatable bonds is 7. The Labute approximate surface area is 174 Å². The minimum Gasteiger partial charge on any atom is -0.497 e. The number of carbonyl (C=O) groups excluding carboxylic acids is 3. The Kier molecular flexibility index (Phi) is 6.05. The van der Waals surface area contributed by atoms with E-state index in [-0.39, 0.29) is 5.69 Å². The van der Waals surface area contributed by atoms with E-state index in [0.717, 1.165) is 16.2 Å². The van der Waals surface area contributed by atoms with Crippen LogP contribution in [0.5, 0.6) is 5.75 Å². The first-order chi connectivity index (χ1) is 14.2. The third kappa shape index (κ3) is 4.59. The molecule has 1 aliphatic heterocycles. The maximum Gasteiger partial charge on any atom is 0.325 e. The van der Waals surface area contributed by atoms with Crippen molar-refractivity contribution < 1.29 is 23.5 Å². The van der Waals surface area contributed by atoms with Gasteiger partial charge in [0.05, 0.1) is 7.11 Å². The fraction of sp³-hybridized carbons (Fsp3) is 0.318. The second-order valence-electron chi connectivity index (χ2n) is 7.51. The molecule has 0 aromatic heterocycles. The van der Waals surface area contributed by atoms with Crippen LogP contribution in [0.25, 0.3) is 0 Å². The first kappa shape index (κ1) is 21.3. The molecule has 0 aliphatic carbocycles. The molecule has 2 aromatic rings. The molecule has 158 valence electrons. The van der Waals surface area contributed by atoms with Gasteiger partial charge >= 0.3 is 6.03 Å². The molecule has 0 radical (unpaired) electrons. The van der Waals surface area contributed by atoms with Gasteiger partial charge in [0, 0.05) is 5.69 Å². The average molecular weight is 413 g/mol. The number of imide groups is 1. The third-order valence-corrected chi connectivity index (χ3v) is 5.18. The van der Waals surface area contributed by atoms with Gasteiger partial charge in [-0.25, -0.2) is 9.18 Å². The fourth-order valence-electron chi connectivity index (χ4n) is 3.26. The average Bonchev–Trinajstić information content (AvgIpc) is 2.93. The summed E-state index contributed by atoms with van der Waals surface area (Å²) < 4.78 is 18.8. The minimum atomic E-state index is -1.10. The summed E-state index contributed by atoms with van der Waals surface area (Å²) in [6, 6.07) is 11.1. The van der Waals surface area contributed by atoms with Crippen molar-refractivity contribution in [3.05, 3.63) is 59.4 Å². The molecule has 0 saturated carbocycles. The number of hydrogen-bond donors (Lipinski definition) is 2. The monoisotopic (exact) mass is 413 g/mol. The van der Waals surface area contributed by atoms with Crippen molar-refractivity contribution in [2.24, 2.45) is 0 Å². The predicted octanol–water partition coefficient (Wildman–Crippen LogP) is 3.02. The SMILES string of the molecule is COc1ccc(CC[C@]2(C)NC(=O)N(CC(=O)Nc3ccc(C)c(F)c3)C2=O)cc1. The summed E-state index contributed by atoms with van der Waals surface area (Å²) in [7, 11) is 1.59. The van der Waals surface area contributed by atoms with Gasteiger partial charge in [0.1, 0.15) is 23.7 Å². The molecule has 4 amide bonds. The zero-order valence-electron chi connectivity index (χ0n) is 17.1. The molecule has 2 N–H and O–H groups in total. The Morgan fingerprint density at radius 1 is 1.20 bits per heavy atom. The van der Waals surface area contributed by atoms with Crippen molar-refractivity contribution in [3.8, 4) is 5.75 Å². The van der Waals surface area contributed by atoms with Crippen LogP contribution in [-0.2, 0) is 16.0 Å². The highest BCUT2D eigenvalue weighted by atomic mass is 19.1. The second kappa shape index (κ2) is 8.52. The number of urea groups is 1. The van der Waals surface area contributed by atoms with Gasteiger partial charge in [-0.1, -0.05) is 18.2 Å². The number of benzene rings is 2. The summed E-state index contributed by atoms with van der Waals surface area (Å²) in [4.78, 5) is 38.3. The van der Waals surface area contributed by atoms with Crippen molar-refractivity contribution >= 4 is 23.5 Å². The van der Waals surface area contributed by atoms with E-state index in [0.29, 0.717) is 18.4 Å². The Bertz CT molecular complexity index is 977. The molecule has 3 rings (SSSR count). The molecule has 0 bridgehead atoms. The molecule has 1 fully saturated rings. The van der Waals surface area contributed by atoms with Crippen LogP contribution in [0.1, 0.15) is 24.5 Å². The van der Waals surface area contributed by atoms with Gasteiger partial charge in [-0.2, -0.15) is 0 Å². The maximum atomic E-state index is 13.6. The Morgan fingerprint density at radius 3 is 2.53 bits per heavy atom. The van der Waals surface area contributed by atoms with E-state index < -0.39 is 35.7 Å². The standard InChI is InChI=1S/C22H24FN3O4/c1-14-4-7-16(12-18(14)23)24-19(27)13-26-20(28)22(2,25-21(26)29)11-10-15-5-8-17(30-3)9-6-15/h4-9,12H,10-11,13H2,1-3H3,(H,24,27)(H,25,29)/t22-/m0/s1. The number of nitrogens with one attached hydrogen (secondary N) is 2. The highest BCUT2D eigenvalue weighted by molar-refractivity contribution is 6.09. The van der Waals surface area contributed by atoms with E-state index in [9.17, 15) is 18.8 Å². The van der Waals surface area contributed by atoms with Gasteiger partial charge in [-0.15, -0.1) is 0 Å². The maximum absolute atomic E-state index is 13.6. The lowest BCUT2D eigenvalue weighted by Crippen LogP contribution is -2.45. The van der Waals surface area contributed by atoms with Crippen LogP contribution in [0.2, 0.25) is 0 Å². The van der Waals surface area contributed by atoms with Crippen LogP contribution >= 0.6 is 0 Å². The molecule has 0 spiro atoms. The van der Waals surface area contributed by atoms with Gasteiger partial charge < -0.3 is 15.4 Å². The van der Waals surface area contributed by atoms with Crippen molar-refractivity contribution in [2.75, 3.05) is 19.0 Å². The molecular weight excluding hydrogens is 389 g/mol. The molecule has 8 heteroatoms. The number of carbonyl (C=O) groups is 3. The normalized spacial score (nSPS) is 18.3. The van der Waals surface area contributed by atoms with Gasteiger partial charge in [0.15, 0.2) is 0 Å². The lowest BCUT2D eigenvalue weighted by atomic mass is 9.93. The van der Waals surface area contributed by atoms with E-state index in [4.69, 9.17) is 4.74 Å². The van der Waals surface area contributed by atoms with Crippen molar-refractivity contribution in [1.29, 1.82) is 0 Å². The summed E-state index contributed by atoms with van der Waals surface area (Å²) in [6.45, 7) is 2.81. The van der Waals surface area contributed by atoms with Gasteiger partial charge in [-0.3, -0.25) is 14.5 Å². The number of amides is 4. The summed E-state index contributed by atoms with van der Waals surface area (Å²) in [5.41, 5.74) is 0.608. The van der Waals surface area contributed by atoms with Crippen LogP contribution < -0.4 is 15.4 Å². The first-order valence-corrected chi connectivity index (χ1v) is 9.55. The number of anilines is 1. The smallest absolute Gasteiger partial charge is 0.325 e. The largest absolute Gasteiger partial charge is 0.497 e. The van der Waals surface area contributed by atoms with Crippen LogP contribution in [0.4, 0.5) is 14.9 Å². The van der Waals surface area contributed by atoms with Crippen LogP contribution in [0.3, 0.4) is 0 Å². The summed E-state index contributed by atoms with van der Waals surface area (Å²) in [5, 5.41) is 5.19. The molecule has 30 heavy (non-hydrogen) atoms.